The highest BCUT2D eigenvalue weighted by Gasteiger charge is 2.11. The summed E-state index contributed by atoms with van der Waals surface area (Å²) in [5.41, 5.74) is 3.30. The van der Waals surface area contributed by atoms with Gasteiger partial charge in [0.25, 0.3) is 5.56 Å². The molecule has 0 aromatic carbocycles. The SMILES string of the molecule is C=C(C)/C=C\c1nc(Cn2ccc3c(-c4ccccn4)cncc3c2=O)cn1C. The first-order valence-electron chi connectivity index (χ1n) is 9.27. The molecule has 0 N–H and O–H groups in total. The lowest BCUT2D eigenvalue weighted by molar-refractivity contribution is 0.750. The van der Waals surface area contributed by atoms with Crippen molar-refractivity contribution in [1.82, 2.24) is 24.1 Å². The summed E-state index contributed by atoms with van der Waals surface area (Å²) in [7, 11) is 1.93. The molecule has 0 aliphatic rings. The Bertz CT molecular complexity index is 1280. The van der Waals surface area contributed by atoms with Crippen LogP contribution in [0.2, 0.25) is 0 Å². The fraction of sp³-hybridized carbons (Fsp3) is 0.130. The van der Waals surface area contributed by atoms with Gasteiger partial charge in [-0.05, 0) is 31.2 Å². The molecule has 0 bridgehead atoms. The highest BCUT2D eigenvalue weighted by molar-refractivity contribution is 5.94. The normalized spacial score (nSPS) is 11.4. The summed E-state index contributed by atoms with van der Waals surface area (Å²) in [4.78, 5) is 26.3. The fourth-order valence-corrected chi connectivity index (χ4v) is 3.22. The molecule has 0 unspecified atom stereocenters. The minimum atomic E-state index is -0.0996. The third-order valence-electron chi connectivity index (χ3n) is 4.65. The van der Waals surface area contributed by atoms with E-state index in [4.69, 9.17) is 0 Å². The van der Waals surface area contributed by atoms with Gasteiger partial charge in [-0.15, -0.1) is 0 Å². The Morgan fingerprint density at radius 3 is 2.83 bits per heavy atom. The zero-order valence-electron chi connectivity index (χ0n) is 16.4. The zero-order chi connectivity index (χ0) is 20.4. The Balaban J connectivity index is 1.72. The van der Waals surface area contributed by atoms with E-state index in [1.807, 2.05) is 61.2 Å². The fourth-order valence-electron chi connectivity index (χ4n) is 3.22. The number of rotatable bonds is 5. The highest BCUT2D eigenvalue weighted by Crippen LogP contribution is 2.24. The summed E-state index contributed by atoms with van der Waals surface area (Å²) in [6.07, 6.45) is 12.6. The topological polar surface area (TPSA) is 65.6 Å². The van der Waals surface area contributed by atoms with Crippen LogP contribution in [0, 0.1) is 0 Å². The molecule has 0 aliphatic carbocycles. The molecular formula is C23H21N5O. The van der Waals surface area contributed by atoms with Gasteiger partial charge in [0.1, 0.15) is 5.82 Å². The van der Waals surface area contributed by atoms with Crippen molar-refractivity contribution in [2.45, 2.75) is 13.5 Å². The predicted octanol–water partition coefficient (Wildman–Crippen LogP) is 3.83. The maximum absolute atomic E-state index is 13.1. The summed E-state index contributed by atoms with van der Waals surface area (Å²) in [6, 6.07) is 7.63. The Morgan fingerprint density at radius 2 is 2.07 bits per heavy atom. The molecular weight excluding hydrogens is 362 g/mol. The van der Waals surface area contributed by atoms with Crippen LogP contribution in [0.1, 0.15) is 18.4 Å². The van der Waals surface area contributed by atoms with E-state index in [0.717, 1.165) is 33.7 Å². The number of aromatic nitrogens is 5. The van der Waals surface area contributed by atoms with Gasteiger partial charge in [-0.3, -0.25) is 14.8 Å². The maximum Gasteiger partial charge on any atom is 0.260 e. The van der Waals surface area contributed by atoms with E-state index in [1.165, 1.54) is 0 Å². The molecule has 4 heterocycles. The lowest BCUT2D eigenvalue weighted by atomic mass is 10.1. The van der Waals surface area contributed by atoms with Gasteiger partial charge in [0, 0.05) is 49.0 Å². The number of pyridine rings is 3. The lowest BCUT2D eigenvalue weighted by Crippen LogP contribution is -2.20. The molecule has 29 heavy (non-hydrogen) atoms. The minimum absolute atomic E-state index is 0.0996. The maximum atomic E-state index is 13.1. The number of hydrogen-bond acceptors (Lipinski definition) is 4. The van der Waals surface area contributed by atoms with Crippen molar-refractivity contribution in [1.29, 1.82) is 0 Å². The van der Waals surface area contributed by atoms with Gasteiger partial charge in [-0.1, -0.05) is 24.3 Å². The Labute approximate surface area is 168 Å². The molecule has 4 aromatic heterocycles. The van der Waals surface area contributed by atoms with Crippen molar-refractivity contribution in [3.8, 4) is 11.3 Å². The average molecular weight is 383 g/mol. The van der Waals surface area contributed by atoms with E-state index in [9.17, 15) is 4.79 Å². The van der Waals surface area contributed by atoms with Crippen LogP contribution in [0.25, 0.3) is 28.1 Å². The van der Waals surface area contributed by atoms with E-state index in [-0.39, 0.29) is 5.56 Å². The molecule has 0 saturated heterocycles. The molecule has 0 aliphatic heterocycles. The molecule has 0 saturated carbocycles. The van der Waals surface area contributed by atoms with Crippen LogP contribution in [-0.2, 0) is 13.6 Å². The van der Waals surface area contributed by atoms with E-state index >= 15 is 0 Å². The standard InChI is InChI=1S/C23H21N5O/c1-16(2)7-8-22-26-17(14-27(22)3)15-28-11-9-18-19(21-6-4-5-10-25-21)12-24-13-20(18)23(28)29/h4-14H,1,15H2,2-3H3/b8-7-. The molecule has 0 radical (unpaired) electrons. The molecule has 6 heteroatoms. The number of allylic oxidation sites excluding steroid dienone is 2. The van der Waals surface area contributed by atoms with Gasteiger partial charge >= 0.3 is 0 Å². The molecule has 4 aromatic rings. The minimum Gasteiger partial charge on any atom is -0.334 e. The monoisotopic (exact) mass is 383 g/mol. The first-order valence-corrected chi connectivity index (χ1v) is 9.27. The second-order valence-electron chi connectivity index (χ2n) is 6.99. The zero-order valence-corrected chi connectivity index (χ0v) is 16.4. The Kier molecular flexibility index (Phi) is 4.91. The Morgan fingerprint density at radius 1 is 1.21 bits per heavy atom. The van der Waals surface area contributed by atoms with E-state index < -0.39 is 0 Å². The largest absolute Gasteiger partial charge is 0.334 e. The molecule has 4 rings (SSSR count). The van der Waals surface area contributed by atoms with Crippen LogP contribution >= 0.6 is 0 Å². The lowest BCUT2D eigenvalue weighted by Gasteiger charge is -2.08. The van der Waals surface area contributed by atoms with E-state index in [0.29, 0.717) is 11.9 Å². The molecule has 0 spiro atoms. The third-order valence-corrected chi connectivity index (χ3v) is 4.65. The molecule has 0 fully saturated rings. The van der Waals surface area contributed by atoms with Crippen LogP contribution < -0.4 is 5.56 Å². The first-order chi connectivity index (χ1) is 14.0. The number of imidazole rings is 1. The molecule has 0 amide bonds. The molecule has 144 valence electrons. The number of fused-ring (bicyclic) bond motifs is 1. The summed E-state index contributed by atoms with van der Waals surface area (Å²) in [5.74, 6) is 0.816. The quantitative estimate of drug-likeness (QED) is 0.491. The smallest absolute Gasteiger partial charge is 0.260 e. The van der Waals surface area contributed by atoms with Crippen molar-refractivity contribution in [3.63, 3.8) is 0 Å². The second kappa shape index (κ2) is 7.67. The summed E-state index contributed by atoms with van der Waals surface area (Å²) in [6.45, 7) is 6.18. The Hall–Kier alpha value is -3.80. The molecule has 6 nitrogen and oxygen atoms in total. The number of hydrogen-bond donors (Lipinski definition) is 0. The third kappa shape index (κ3) is 3.78. The van der Waals surface area contributed by atoms with Gasteiger partial charge < -0.3 is 9.13 Å². The van der Waals surface area contributed by atoms with Crippen molar-refractivity contribution >= 4 is 16.8 Å². The first kappa shape index (κ1) is 18.6. The van der Waals surface area contributed by atoms with Crippen molar-refractivity contribution < 1.29 is 0 Å². The van der Waals surface area contributed by atoms with Crippen LogP contribution in [0.5, 0.6) is 0 Å². The van der Waals surface area contributed by atoms with Crippen molar-refractivity contribution in [2.24, 2.45) is 7.05 Å². The van der Waals surface area contributed by atoms with Crippen LogP contribution in [0.15, 0.2) is 78.3 Å². The number of nitrogens with zero attached hydrogens (tertiary/aromatic N) is 5. The van der Waals surface area contributed by atoms with Crippen molar-refractivity contribution in [3.05, 3.63) is 95.3 Å². The van der Waals surface area contributed by atoms with Crippen LogP contribution in [-0.4, -0.2) is 24.1 Å². The van der Waals surface area contributed by atoms with Gasteiger partial charge in [-0.25, -0.2) is 4.98 Å². The summed E-state index contributed by atoms with van der Waals surface area (Å²) >= 11 is 0. The van der Waals surface area contributed by atoms with E-state index in [2.05, 4.69) is 21.5 Å². The molecule has 0 atom stereocenters. The van der Waals surface area contributed by atoms with Crippen molar-refractivity contribution in [2.75, 3.05) is 0 Å². The van der Waals surface area contributed by atoms with Gasteiger partial charge in [0.15, 0.2) is 0 Å². The predicted molar refractivity (Wildman–Crippen MR) is 115 cm³/mol. The van der Waals surface area contributed by atoms with Gasteiger partial charge in [-0.2, -0.15) is 0 Å². The van der Waals surface area contributed by atoms with Gasteiger partial charge in [0.05, 0.1) is 23.3 Å². The summed E-state index contributed by atoms with van der Waals surface area (Å²) in [5, 5.41) is 1.40. The highest BCUT2D eigenvalue weighted by atomic mass is 16.1. The summed E-state index contributed by atoms with van der Waals surface area (Å²) < 4.78 is 3.59. The number of aryl methyl sites for hydroxylation is 1. The van der Waals surface area contributed by atoms with Gasteiger partial charge in [0.2, 0.25) is 0 Å². The van der Waals surface area contributed by atoms with E-state index in [1.54, 1.807) is 29.4 Å². The average Bonchev–Trinajstić information content (AvgIpc) is 3.08. The van der Waals surface area contributed by atoms with Crippen LogP contribution in [0.4, 0.5) is 0 Å². The van der Waals surface area contributed by atoms with Crippen LogP contribution in [0.3, 0.4) is 0 Å². The second-order valence-corrected chi connectivity index (χ2v) is 6.99.